The lowest BCUT2D eigenvalue weighted by molar-refractivity contribution is -0.170. The van der Waals surface area contributed by atoms with E-state index in [1.54, 1.807) is 0 Å². The van der Waals surface area contributed by atoms with E-state index in [1.165, 1.54) is 0 Å². The van der Waals surface area contributed by atoms with Crippen molar-refractivity contribution in [1.29, 1.82) is 0 Å². The molecule has 0 spiro atoms. The molecule has 0 atom stereocenters. The fraction of sp³-hybridized carbons (Fsp3) is 0.755. The van der Waals surface area contributed by atoms with Crippen LogP contribution in [0, 0.1) is 5.41 Å². The molecule has 0 bridgehead atoms. The standard InChI is InChI=1S/C49H84O8/c1-5-9-13-17-21-25-29-33-37-45(50)54-41-49(42-55-46(51)38-34-30-26-22-18-14-10-6-2,43-56-47(52)39-35-31-27-23-19-15-11-7-3)44-57-48(53)40-36-32-28-24-20-16-12-8-4/h5-8H,1-4,9-44H2. The van der Waals surface area contributed by atoms with E-state index in [4.69, 9.17) is 18.9 Å². The molecule has 8 heteroatoms. The Morgan fingerprint density at radius 2 is 0.474 bits per heavy atom. The molecular weight excluding hydrogens is 717 g/mol. The zero-order valence-corrected chi connectivity index (χ0v) is 36.4. The summed E-state index contributed by atoms with van der Waals surface area (Å²) >= 11 is 0. The van der Waals surface area contributed by atoms with Crippen LogP contribution in [0.5, 0.6) is 0 Å². The van der Waals surface area contributed by atoms with Crippen molar-refractivity contribution in [2.75, 3.05) is 26.4 Å². The average molecular weight is 801 g/mol. The molecule has 0 saturated heterocycles. The van der Waals surface area contributed by atoms with Crippen LogP contribution in [0.2, 0.25) is 0 Å². The molecule has 0 aromatic rings. The van der Waals surface area contributed by atoms with Crippen molar-refractivity contribution in [1.82, 2.24) is 0 Å². The van der Waals surface area contributed by atoms with E-state index in [0.717, 1.165) is 154 Å². The van der Waals surface area contributed by atoms with Gasteiger partial charge < -0.3 is 18.9 Å². The minimum absolute atomic E-state index is 0.193. The molecule has 0 aliphatic rings. The second kappa shape index (κ2) is 41.0. The minimum Gasteiger partial charge on any atom is -0.465 e. The van der Waals surface area contributed by atoms with Crippen LogP contribution in [0.15, 0.2) is 50.6 Å². The molecule has 328 valence electrons. The maximum atomic E-state index is 13.0. The predicted molar refractivity (Wildman–Crippen MR) is 235 cm³/mol. The van der Waals surface area contributed by atoms with Crippen molar-refractivity contribution in [3.63, 3.8) is 0 Å². The number of rotatable bonds is 44. The maximum absolute atomic E-state index is 13.0. The molecule has 0 heterocycles. The second-order valence-electron chi connectivity index (χ2n) is 15.9. The molecule has 0 N–H and O–H groups in total. The van der Waals surface area contributed by atoms with E-state index >= 15 is 0 Å². The smallest absolute Gasteiger partial charge is 0.305 e. The first kappa shape index (κ1) is 53.8. The summed E-state index contributed by atoms with van der Waals surface area (Å²) in [6, 6.07) is 0. The molecule has 0 saturated carbocycles. The van der Waals surface area contributed by atoms with Gasteiger partial charge in [-0.15, -0.1) is 26.3 Å². The van der Waals surface area contributed by atoms with E-state index in [1.807, 2.05) is 24.3 Å². The van der Waals surface area contributed by atoms with E-state index in [2.05, 4.69) is 26.3 Å². The molecule has 0 aliphatic carbocycles. The van der Waals surface area contributed by atoms with Crippen LogP contribution in [0.1, 0.15) is 205 Å². The highest BCUT2D eigenvalue weighted by Crippen LogP contribution is 2.24. The van der Waals surface area contributed by atoms with Crippen LogP contribution in [0.4, 0.5) is 0 Å². The summed E-state index contributed by atoms with van der Waals surface area (Å²) in [6.45, 7) is 14.3. The van der Waals surface area contributed by atoms with Crippen molar-refractivity contribution in [3.05, 3.63) is 50.6 Å². The summed E-state index contributed by atoms with van der Waals surface area (Å²) in [6.07, 6.45) is 37.3. The monoisotopic (exact) mass is 801 g/mol. The Kier molecular flexibility index (Phi) is 38.7. The molecule has 8 nitrogen and oxygen atoms in total. The molecule has 0 rings (SSSR count). The summed E-state index contributed by atoms with van der Waals surface area (Å²) in [4.78, 5) is 51.9. The van der Waals surface area contributed by atoms with Crippen LogP contribution in [0.25, 0.3) is 0 Å². The minimum atomic E-state index is -1.22. The topological polar surface area (TPSA) is 105 Å². The van der Waals surface area contributed by atoms with Crippen molar-refractivity contribution in [2.24, 2.45) is 5.41 Å². The van der Waals surface area contributed by atoms with E-state index in [0.29, 0.717) is 25.7 Å². The number of hydrogen-bond donors (Lipinski definition) is 0. The molecule has 0 aliphatic heterocycles. The lowest BCUT2D eigenvalue weighted by atomic mass is 9.92. The fourth-order valence-electron chi connectivity index (χ4n) is 6.53. The van der Waals surface area contributed by atoms with Gasteiger partial charge in [-0.05, 0) is 77.0 Å². The van der Waals surface area contributed by atoms with Gasteiger partial charge in [0, 0.05) is 25.7 Å². The Balaban J connectivity index is 5.48. The number of hydrogen-bond acceptors (Lipinski definition) is 8. The first-order valence-electron chi connectivity index (χ1n) is 22.9. The zero-order valence-electron chi connectivity index (χ0n) is 36.4. The SMILES string of the molecule is C=CCCCCCCCCC(=O)OCC(COC(=O)CCCCCCCCC=C)(COC(=O)CCCCCCCCC=C)COC(=O)CCCCCCCCC=C. The van der Waals surface area contributed by atoms with Crippen molar-refractivity contribution in [3.8, 4) is 0 Å². The normalized spacial score (nSPS) is 11.1. The van der Waals surface area contributed by atoms with Crippen LogP contribution < -0.4 is 0 Å². The highest BCUT2D eigenvalue weighted by atomic mass is 16.6. The van der Waals surface area contributed by atoms with Crippen molar-refractivity contribution in [2.45, 2.75) is 205 Å². The summed E-state index contributed by atoms with van der Waals surface area (Å²) in [5.41, 5.74) is -1.22. The Labute approximate surface area is 349 Å². The predicted octanol–water partition coefficient (Wildman–Crippen LogP) is 13.4. The molecule has 0 radical (unpaired) electrons. The number of ether oxygens (including phenoxy) is 4. The van der Waals surface area contributed by atoms with Crippen LogP contribution in [0.3, 0.4) is 0 Å². The number of carbonyl (C=O) groups excluding carboxylic acids is 4. The highest BCUT2D eigenvalue weighted by molar-refractivity contribution is 5.71. The molecular formula is C49H84O8. The Bertz CT molecular complexity index is 884. The summed E-state index contributed by atoms with van der Waals surface area (Å²) in [5.74, 6) is -1.48. The van der Waals surface area contributed by atoms with E-state index < -0.39 is 5.41 Å². The van der Waals surface area contributed by atoms with Gasteiger partial charge in [-0.2, -0.15) is 0 Å². The third kappa shape index (κ3) is 36.9. The van der Waals surface area contributed by atoms with Gasteiger partial charge in [-0.1, -0.05) is 127 Å². The molecule has 57 heavy (non-hydrogen) atoms. The Morgan fingerprint density at radius 3 is 0.667 bits per heavy atom. The number of esters is 4. The third-order valence-corrected chi connectivity index (χ3v) is 10.3. The third-order valence-electron chi connectivity index (χ3n) is 10.3. The maximum Gasteiger partial charge on any atom is 0.305 e. The second-order valence-corrected chi connectivity index (χ2v) is 15.9. The van der Waals surface area contributed by atoms with Crippen LogP contribution in [-0.4, -0.2) is 50.3 Å². The van der Waals surface area contributed by atoms with Gasteiger partial charge in [0.15, 0.2) is 0 Å². The largest absolute Gasteiger partial charge is 0.465 e. The van der Waals surface area contributed by atoms with Gasteiger partial charge >= 0.3 is 23.9 Å². The van der Waals surface area contributed by atoms with Crippen molar-refractivity contribution >= 4 is 23.9 Å². The number of carbonyl (C=O) groups is 4. The van der Waals surface area contributed by atoms with E-state index in [-0.39, 0.29) is 76.0 Å². The summed E-state index contributed by atoms with van der Waals surface area (Å²) in [5, 5.41) is 0. The fourth-order valence-corrected chi connectivity index (χ4v) is 6.53. The Hall–Kier alpha value is -3.16. The lowest BCUT2D eigenvalue weighted by Crippen LogP contribution is -2.44. The summed E-state index contributed by atoms with van der Waals surface area (Å²) < 4.78 is 23.1. The summed E-state index contributed by atoms with van der Waals surface area (Å²) in [7, 11) is 0. The van der Waals surface area contributed by atoms with Gasteiger partial charge in [-0.3, -0.25) is 19.2 Å². The highest BCUT2D eigenvalue weighted by Gasteiger charge is 2.38. The number of unbranched alkanes of at least 4 members (excludes halogenated alkanes) is 24. The first-order valence-corrected chi connectivity index (χ1v) is 22.9. The van der Waals surface area contributed by atoms with Gasteiger partial charge in [0.05, 0.1) is 0 Å². The van der Waals surface area contributed by atoms with E-state index in [9.17, 15) is 19.2 Å². The quantitative estimate of drug-likeness (QED) is 0.0260. The average Bonchev–Trinajstić information content (AvgIpc) is 3.21. The van der Waals surface area contributed by atoms with Gasteiger partial charge in [0.25, 0.3) is 0 Å². The molecule has 0 aromatic carbocycles. The van der Waals surface area contributed by atoms with Crippen molar-refractivity contribution < 1.29 is 38.1 Å². The van der Waals surface area contributed by atoms with Crippen LogP contribution >= 0.6 is 0 Å². The molecule has 0 unspecified atom stereocenters. The van der Waals surface area contributed by atoms with Crippen LogP contribution in [-0.2, 0) is 38.1 Å². The number of allylic oxidation sites excluding steroid dienone is 4. The van der Waals surface area contributed by atoms with Gasteiger partial charge in [-0.25, -0.2) is 0 Å². The molecule has 0 amide bonds. The Morgan fingerprint density at radius 1 is 0.298 bits per heavy atom. The van der Waals surface area contributed by atoms with Gasteiger partial charge in [0.1, 0.15) is 31.8 Å². The lowest BCUT2D eigenvalue weighted by Gasteiger charge is -2.31. The molecule has 0 aromatic heterocycles. The molecule has 0 fully saturated rings. The zero-order chi connectivity index (χ0) is 41.9. The first-order chi connectivity index (χ1) is 27.8. The van der Waals surface area contributed by atoms with Gasteiger partial charge in [0.2, 0.25) is 0 Å².